The predicted molar refractivity (Wildman–Crippen MR) is 74.3 cm³/mol. The second-order valence-electron chi connectivity index (χ2n) is 5.25. The lowest BCUT2D eigenvalue weighted by molar-refractivity contribution is -0.127. The zero-order valence-corrected chi connectivity index (χ0v) is 11.2. The van der Waals surface area contributed by atoms with Crippen LogP contribution in [0.15, 0.2) is 30.6 Å². The second-order valence-corrected chi connectivity index (χ2v) is 5.25. The Bertz CT molecular complexity index is 450. The van der Waals surface area contributed by atoms with Crippen molar-refractivity contribution < 1.29 is 9.90 Å². The summed E-state index contributed by atoms with van der Waals surface area (Å²) in [6.45, 7) is 0.406. The topological polar surface area (TPSA) is 53.4 Å². The van der Waals surface area contributed by atoms with Gasteiger partial charge in [0.1, 0.15) is 0 Å². The van der Waals surface area contributed by atoms with Crippen LogP contribution in [0, 0.1) is 0 Å². The predicted octanol–water partition coefficient (Wildman–Crippen LogP) is 1.86. The van der Waals surface area contributed by atoms with Gasteiger partial charge >= 0.3 is 0 Å². The number of amides is 1. The van der Waals surface area contributed by atoms with Crippen LogP contribution in [0.1, 0.15) is 31.2 Å². The van der Waals surface area contributed by atoms with Gasteiger partial charge in [-0.05, 0) is 30.5 Å². The summed E-state index contributed by atoms with van der Waals surface area (Å²) in [4.78, 5) is 17.5. The monoisotopic (exact) mass is 260 g/mol. The van der Waals surface area contributed by atoms with Gasteiger partial charge in [0.15, 0.2) is 0 Å². The molecule has 0 saturated heterocycles. The van der Waals surface area contributed by atoms with Gasteiger partial charge in [0.25, 0.3) is 0 Å². The standard InChI is InChI=1S/C15H20N2O2/c1-17(12-15(19)8-2-3-9-15)14(18)7-6-13-5-4-10-16-11-13/h4-7,10-11,19H,2-3,8-9,12H2,1H3/b7-6+. The fraction of sp³-hybridized carbons (Fsp3) is 0.467. The first-order valence-electron chi connectivity index (χ1n) is 6.65. The third-order valence-electron chi connectivity index (χ3n) is 3.54. The van der Waals surface area contributed by atoms with Crippen LogP contribution in [0.4, 0.5) is 0 Å². The van der Waals surface area contributed by atoms with E-state index in [-0.39, 0.29) is 5.91 Å². The third-order valence-corrected chi connectivity index (χ3v) is 3.54. The van der Waals surface area contributed by atoms with Crippen molar-refractivity contribution in [3.63, 3.8) is 0 Å². The first-order valence-corrected chi connectivity index (χ1v) is 6.65. The number of hydrogen-bond acceptors (Lipinski definition) is 3. The molecule has 0 bridgehead atoms. The van der Waals surface area contributed by atoms with E-state index < -0.39 is 5.60 Å². The van der Waals surface area contributed by atoms with Crippen molar-refractivity contribution in [1.82, 2.24) is 9.88 Å². The van der Waals surface area contributed by atoms with Crippen LogP contribution in [0.3, 0.4) is 0 Å². The Hall–Kier alpha value is -1.68. The van der Waals surface area contributed by atoms with Gasteiger partial charge in [0.05, 0.1) is 5.60 Å². The number of nitrogens with zero attached hydrogens (tertiary/aromatic N) is 2. The molecule has 0 aliphatic heterocycles. The van der Waals surface area contributed by atoms with Gasteiger partial charge in [-0.3, -0.25) is 9.78 Å². The fourth-order valence-electron chi connectivity index (χ4n) is 2.48. The van der Waals surface area contributed by atoms with E-state index in [9.17, 15) is 9.90 Å². The third kappa shape index (κ3) is 3.89. The van der Waals surface area contributed by atoms with Crippen LogP contribution in [0.5, 0.6) is 0 Å². The van der Waals surface area contributed by atoms with Crippen molar-refractivity contribution in [2.45, 2.75) is 31.3 Å². The van der Waals surface area contributed by atoms with Gasteiger partial charge in [-0.15, -0.1) is 0 Å². The lowest BCUT2D eigenvalue weighted by atomic mass is 10.0. The van der Waals surface area contributed by atoms with Crippen molar-refractivity contribution >= 4 is 12.0 Å². The minimum atomic E-state index is -0.688. The fourth-order valence-corrected chi connectivity index (χ4v) is 2.48. The molecule has 1 aromatic rings. The summed E-state index contributed by atoms with van der Waals surface area (Å²) in [5, 5.41) is 10.3. The van der Waals surface area contributed by atoms with Crippen LogP contribution >= 0.6 is 0 Å². The summed E-state index contributed by atoms with van der Waals surface area (Å²) in [6.07, 6.45) is 10.3. The van der Waals surface area contributed by atoms with Gasteiger partial charge in [-0.25, -0.2) is 0 Å². The van der Waals surface area contributed by atoms with Crippen molar-refractivity contribution in [3.8, 4) is 0 Å². The molecule has 1 aliphatic rings. The highest BCUT2D eigenvalue weighted by molar-refractivity contribution is 5.91. The van der Waals surface area contributed by atoms with Crippen LogP contribution in [0.2, 0.25) is 0 Å². The maximum Gasteiger partial charge on any atom is 0.246 e. The minimum absolute atomic E-state index is 0.0934. The molecule has 0 spiro atoms. The Balaban J connectivity index is 1.90. The van der Waals surface area contributed by atoms with Gasteiger partial charge in [-0.2, -0.15) is 0 Å². The van der Waals surface area contributed by atoms with Crippen molar-refractivity contribution in [3.05, 3.63) is 36.2 Å². The summed E-state index contributed by atoms with van der Waals surface area (Å²) < 4.78 is 0. The van der Waals surface area contributed by atoms with Crippen LogP contribution in [-0.2, 0) is 4.79 Å². The number of likely N-dealkylation sites (N-methyl/N-ethyl adjacent to an activating group) is 1. The van der Waals surface area contributed by atoms with Gasteiger partial charge in [0.2, 0.25) is 5.91 Å². The molecule has 1 fully saturated rings. The zero-order chi connectivity index (χ0) is 13.7. The molecule has 0 atom stereocenters. The van der Waals surface area contributed by atoms with E-state index in [4.69, 9.17) is 0 Å². The van der Waals surface area contributed by atoms with E-state index >= 15 is 0 Å². The normalized spacial score (nSPS) is 17.8. The number of aromatic nitrogens is 1. The molecule has 1 saturated carbocycles. The van der Waals surface area contributed by atoms with Crippen LogP contribution in [0.25, 0.3) is 6.08 Å². The quantitative estimate of drug-likeness (QED) is 0.841. The van der Waals surface area contributed by atoms with Crippen LogP contribution < -0.4 is 0 Å². The lowest BCUT2D eigenvalue weighted by Crippen LogP contribution is -2.41. The molecule has 1 aliphatic carbocycles. The Morgan fingerprint density at radius 1 is 1.53 bits per heavy atom. The summed E-state index contributed by atoms with van der Waals surface area (Å²) in [7, 11) is 1.73. The smallest absolute Gasteiger partial charge is 0.246 e. The van der Waals surface area contributed by atoms with Gasteiger partial charge in [-0.1, -0.05) is 18.9 Å². The highest BCUT2D eigenvalue weighted by Gasteiger charge is 2.32. The number of carbonyl (C=O) groups excluding carboxylic acids is 1. The molecule has 19 heavy (non-hydrogen) atoms. The number of carbonyl (C=O) groups is 1. The maximum absolute atomic E-state index is 12.0. The first-order chi connectivity index (χ1) is 9.09. The van der Waals surface area contributed by atoms with E-state index in [0.717, 1.165) is 31.2 Å². The number of pyridine rings is 1. The van der Waals surface area contributed by atoms with Crippen LogP contribution in [-0.4, -0.2) is 40.1 Å². The number of hydrogen-bond donors (Lipinski definition) is 1. The largest absolute Gasteiger partial charge is 0.388 e. The number of rotatable bonds is 4. The zero-order valence-electron chi connectivity index (χ0n) is 11.2. The number of aliphatic hydroxyl groups is 1. The molecular formula is C15H20N2O2. The SMILES string of the molecule is CN(CC1(O)CCCC1)C(=O)/C=C/c1cccnc1. The molecule has 102 valence electrons. The Morgan fingerprint density at radius 3 is 2.89 bits per heavy atom. The Morgan fingerprint density at radius 2 is 2.26 bits per heavy atom. The maximum atomic E-state index is 12.0. The Labute approximate surface area is 113 Å². The molecule has 4 nitrogen and oxygen atoms in total. The summed E-state index contributed by atoms with van der Waals surface area (Å²) in [5.74, 6) is -0.0934. The van der Waals surface area contributed by atoms with E-state index in [2.05, 4.69) is 4.98 Å². The van der Waals surface area contributed by atoms with E-state index in [1.165, 1.54) is 6.08 Å². The van der Waals surface area contributed by atoms with Crippen molar-refractivity contribution in [2.24, 2.45) is 0 Å². The molecule has 2 rings (SSSR count). The van der Waals surface area contributed by atoms with E-state index in [1.807, 2.05) is 12.1 Å². The average molecular weight is 260 g/mol. The second kappa shape index (κ2) is 5.97. The van der Waals surface area contributed by atoms with Gasteiger partial charge < -0.3 is 10.0 Å². The van der Waals surface area contributed by atoms with Crippen molar-refractivity contribution in [1.29, 1.82) is 0 Å². The average Bonchev–Trinajstić information content (AvgIpc) is 2.83. The van der Waals surface area contributed by atoms with E-state index in [0.29, 0.717) is 6.54 Å². The molecule has 1 N–H and O–H groups in total. The molecule has 0 aromatic carbocycles. The summed E-state index contributed by atoms with van der Waals surface area (Å²) in [5.41, 5.74) is 0.204. The molecule has 1 aromatic heterocycles. The first kappa shape index (κ1) is 13.7. The van der Waals surface area contributed by atoms with Crippen molar-refractivity contribution in [2.75, 3.05) is 13.6 Å². The highest BCUT2D eigenvalue weighted by Crippen LogP contribution is 2.29. The minimum Gasteiger partial charge on any atom is -0.388 e. The molecule has 1 heterocycles. The molecular weight excluding hydrogens is 240 g/mol. The summed E-state index contributed by atoms with van der Waals surface area (Å²) >= 11 is 0. The molecule has 0 unspecified atom stereocenters. The lowest BCUT2D eigenvalue weighted by Gasteiger charge is -2.27. The molecule has 1 amide bonds. The van der Waals surface area contributed by atoms with Gasteiger partial charge in [0, 0.05) is 32.1 Å². The molecule has 4 heteroatoms. The molecule has 0 radical (unpaired) electrons. The summed E-state index contributed by atoms with van der Waals surface area (Å²) in [6, 6.07) is 3.72. The Kier molecular flexibility index (Phi) is 4.32. The highest BCUT2D eigenvalue weighted by atomic mass is 16.3. The van der Waals surface area contributed by atoms with E-state index in [1.54, 1.807) is 30.4 Å².